The number of nitrogens with zero attached hydrogens (tertiary/aromatic N) is 1. The van der Waals surface area contributed by atoms with Gasteiger partial charge >= 0.3 is 6.61 Å². The van der Waals surface area contributed by atoms with Crippen molar-refractivity contribution in [3.63, 3.8) is 0 Å². The first-order chi connectivity index (χ1) is 14.0. The molecule has 0 unspecified atom stereocenters. The fourth-order valence-electron chi connectivity index (χ4n) is 2.47. The summed E-state index contributed by atoms with van der Waals surface area (Å²) < 4.78 is 29.5. The topological polar surface area (TPSA) is 95.0 Å². The number of carbonyl (C=O) groups excluding carboxylic acids is 1. The molecule has 10 heteroatoms. The van der Waals surface area contributed by atoms with Crippen LogP contribution >= 0.6 is 24.0 Å². The van der Waals surface area contributed by atoms with Gasteiger partial charge in [-0.3, -0.25) is 4.79 Å². The predicted octanol–water partition coefficient (Wildman–Crippen LogP) is 3.10. The monoisotopic (exact) mass is 534 g/mol. The Morgan fingerprint density at radius 3 is 2.43 bits per heavy atom. The second kappa shape index (κ2) is 13.6. The molecule has 0 saturated heterocycles. The van der Waals surface area contributed by atoms with Crippen molar-refractivity contribution in [2.75, 3.05) is 19.6 Å². The number of amides is 1. The lowest BCUT2D eigenvalue weighted by Crippen LogP contribution is -2.41. The highest BCUT2D eigenvalue weighted by atomic mass is 127. The molecule has 0 aliphatic carbocycles. The lowest BCUT2D eigenvalue weighted by atomic mass is 10.2. The van der Waals surface area contributed by atoms with Gasteiger partial charge in [-0.1, -0.05) is 30.3 Å². The van der Waals surface area contributed by atoms with Crippen molar-refractivity contribution >= 4 is 35.8 Å². The molecule has 4 N–H and O–H groups in total. The van der Waals surface area contributed by atoms with Gasteiger partial charge < -0.3 is 25.8 Å². The van der Waals surface area contributed by atoms with Crippen LogP contribution in [0.15, 0.2) is 53.5 Å². The number of guanidine groups is 1. The van der Waals surface area contributed by atoms with Crippen molar-refractivity contribution in [1.82, 2.24) is 16.0 Å². The van der Waals surface area contributed by atoms with E-state index in [1.807, 2.05) is 6.92 Å². The lowest BCUT2D eigenvalue weighted by molar-refractivity contribution is -0.0504. The van der Waals surface area contributed by atoms with E-state index in [-0.39, 0.29) is 53.5 Å². The molecule has 0 aliphatic heterocycles. The highest BCUT2D eigenvalue weighted by molar-refractivity contribution is 14.0. The summed E-state index contributed by atoms with van der Waals surface area (Å²) in [5.74, 6) is 0.0793. The van der Waals surface area contributed by atoms with E-state index < -0.39 is 6.61 Å². The van der Waals surface area contributed by atoms with E-state index in [9.17, 15) is 18.7 Å². The van der Waals surface area contributed by atoms with Gasteiger partial charge in [0.1, 0.15) is 11.5 Å². The van der Waals surface area contributed by atoms with E-state index in [0.717, 1.165) is 0 Å². The Bertz CT molecular complexity index is 837. The van der Waals surface area contributed by atoms with Crippen molar-refractivity contribution in [1.29, 1.82) is 0 Å². The largest absolute Gasteiger partial charge is 0.507 e. The van der Waals surface area contributed by atoms with Crippen LogP contribution in [0.25, 0.3) is 0 Å². The molecule has 164 valence electrons. The molecule has 0 radical (unpaired) electrons. The van der Waals surface area contributed by atoms with E-state index in [0.29, 0.717) is 31.2 Å². The Labute approximate surface area is 190 Å². The lowest BCUT2D eigenvalue weighted by Gasteiger charge is -2.13. The molecule has 2 rings (SSSR count). The third-order valence-electron chi connectivity index (χ3n) is 3.79. The van der Waals surface area contributed by atoms with Crippen LogP contribution in [0.2, 0.25) is 0 Å². The molecule has 0 spiro atoms. The molecule has 0 heterocycles. The summed E-state index contributed by atoms with van der Waals surface area (Å²) in [6.45, 7) is 0.404. The molecule has 1 amide bonds. The maximum absolute atomic E-state index is 12.5. The van der Waals surface area contributed by atoms with Crippen LogP contribution in [-0.4, -0.2) is 43.2 Å². The normalized spacial score (nSPS) is 10.9. The van der Waals surface area contributed by atoms with Crippen LogP contribution in [0.4, 0.5) is 8.78 Å². The number of nitrogens with one attached hydrogen (secondary N) is 3. The van der Waals surface area contributed by atoms with Gasteiger partial charge in [0.25, 0.3) is 5.91 Å². The molecule has 7 nitrogen and oxygen atoms in total. The minimum absolute atomic E-state index is 0. The van der Waals surface area contributed by atoms with Crippen molar-refractivity contribution < 1.29 is 23.4 Å². The highest BCUT2D eigenvalue weighted by Gasteiger charge is 2.10. The molecule has 0 bridgehead atoms. The Morgan fingerprint density at radius 2 is 1.73 bits per heavy atom. The highest BCUT2D eigenvalue weighted by Crippen LogP contribution is 2.21. The maximum Gasteiger partial charge on any atom is 0.387 e. The number of halogens is 3. The van der Waals surface area contributed by atoms with Crippen LogP contribution < -0.4 is 20.7 Å². The molecule has 0 fully saturated rings. The standard InChI is InChI=1S/C20H24F2N4O3.HI/c1-2-23-20(26-13-14-7-3-6-10-17(14)29-19(21)22)25-12-11-24-18(28)15-8-4-5-9-16(15)27;/h3-10,19,27H,2,11-13H2,1H3,(H,24,28)(H2,23,25,26);1H. The van der Waals surface area contributed by atoms with E-state index in [4.69, 9.17) is 0 Å². The number of aliphatic imine (C=N–C) groups is 1. The number of aromatic hydroxyl groups is 1. The first-order valence-electron chi connectivity index (χ1n) is 9.12. The Morgan fingerprint density at radius 1 is 1.07 bits per heavy atom. The molecule has 0 atom stereocenters. The number of carbonyl (C=O) groups is 1. The molecule has 2 aromatic rings. The number of rotatable bonds is 9. The number of ether oxygens (including phenoxy) is 1. The fourth-order valence-corrected chi connectivity index (χ4v) is 2.47. The average Bonchev–Trinajstić information content (AvgIpc) is 2.70. The molecular formula is C20H25F2IN4O3. The van der Waals surface area contributed by atoms with Crippen molar-refractivity contribution in [3.8, 4) is 11.5 Å². The van der Waals surface area contributed by atoms with Gasteiger partial charge in [-0.25, -0.2) is 4.99 Å². The Kier molecular flexibility index (Phi) is 11.5. The second-order valence-corrected chi connectivity index (χ2v) is 5.88. The molecule has 30 heavy (non-hydrogen) atoms. The molecule has 0 aromatic heterocycles. The Balaban J connectivity index is 0.00000450. The van der Waals surface area contributed by atoms with Gasteiger partial charge in [0, 0.05) is 25.2 Å². The molecule has 0 saturated carbocycles. The van der Waals surface area contributed by atoms with Gasteiger partial charge in [0.2, 0.25) is 0 Å². The fraction of sp³-hybridized carbons (Fsp3) is 0.300. The molecule has 2 aromatic carbocycles. The smallest absolute Gasteiger partial charge is 0.387 e. The SMILES string of the molecule is CCNC(=NCc1ccccc1OC(F)F)NCCNC(=O)c1ccccc1O.I. The van der Waals surface area contributed by atoms with E-state index in [1.165, 1.54) is 18.2 Å². The summed E-state index contributed by atoms with van der Waals surface area (Å²) in [5, 5.41) is 18.5. The van der Waals surface area contributed by atoms with Crippen molar-refractivity contribution in [2.45, 2.75) is 20.1 Å². The van der Waals surface area contributed by atoms with E-state index in [1.54, 1.807) is 30.3 Å². The Hall–Kier alpha value is -2.63. The van der Waals surface area contributed by atoms with Gasteiger partial charge in [-0.05, 0) is 25.1 Å². The summed E-state index contributed by atoms with van der Waals surface area (Å²) in [4.78, 5) is 16.4. The number of benzene rings is 2. The molecular weight excluding hydrogens is 509 g/mol. The van der Waals surface area contributed by atoms with Crippen molar-refractivity contribution in [2.24, 2.45) is 4.99 Å². The summed E-state index contributed by atoms with van der Waals surface area (Å²) >= 11 is 0. The van der Waals surface area contributed by atoms with Gasteiger partial charge in [0.05, 0.1) is 12.1 Å². The predicted molar refractivity (Wildman–Crippen MR) is 122 cm³/mol. The first-order valence-corrected chi connectivity index (χ1v) is 9.12. The van der Waals surface area contributed by atoms with Crippen LogP contribution in [0.1, 0.15) is 22.8 Å². The minimum atomic E-state index is -2.90. The third-order valence-corrected chi connectivity index (χ3v) is 3.79. The molecule has 0 aliphatic rings. The van der Waals surface area contributed by atoms with Crippen LogP contribution in [0, 0.1) is 0 Å². The zero-order chi connectivity index (χ0) is 21.1. The number of hydrogen-bond acceptors (Lipinski definition) is 4. The zero-order valence-electron chi connectivity index (χ0n) is 16.4. The summed E-state index contributed by atoms with van der Waals surface area (Å²) in [6, 6.07) is 12.7. The number of phenols is 1. The second-order valence-electron chi connectivity index (χ2n) is 5.88. The summed E-state index contributed by atoms with van der Waals surface area (Å²) in [7, 11) is 0. The zero-order valence-corrected chi connectivity index (χ0v) is 18.7. The number of para-hydroxylation sites is 2. The van der Waals surface area contributed by atoms with Crippen LogP contribution in [0.5, 0.6) is 11.5 Å². The maximum atomic E-state index is 12.5. The number of hydrogen-bond donors (Lipinski definition) is 4. The third kappa shape index (κ3) is 8.39. The van der Waals surface area contributed by atoms with Crippen LogP contribution in [0.3, 0.4) is 0 Å². The number of phenolic OH excluding ortho intramolecular Hbond substituents is 1. The quantitative estimate of drug-likeness (QED) is 0.172. The first kappa shape index (κ1) is 25.4. The number of alkyl halides is 2. The van der Waals surface area contributed by atoms with E-state index in [2.05, 4.69) is 25.7 Å². The van der Waals surface area contributed by atoms with Crippen LogP contribution in [-0.2, 0) is 6.54 Å². The van der Waals surface area contributed by atoms with Gasteiger partial charge in [-0.15, -0.1) is 24.0 Å². The van der Waals surface area contributed by atoms with Gasteiger partial charge in [0.15, 0.2) is 5.96 Å². The summed E-state index contributed by atoms with van der Waals surface area (Å²) in [6.07, 6.45) is 0. The minimum Gasteiger partial charge on any atom is -0.507 e. The summed E-state index contributed by atoms with van der Waals surface area (Å²) in [5.41, 5.74) is 0.724. The van der Waals surface area contributed by atoms with Gasteiger partial charge in [-0.2, -0.15) is 8.78 Å². The van der Waals surface area contributed by atoms with E-state index >= 15 is 0 Å². The average molecular weight is 534 g/mol. The van der Waals surface area contributed by atoms with Crippen molar-refractivity contribution in [3.05, 3.63) is 59.7 Å².